The van der Waals surface area contributed by atoms with Crippen LogP contribution in [0.5, 0.6) is 0 Å². The molecule has 1 amide bonds. The van der Waals surface area contributed by atoms with E-state index >= 15 is 0 Å². The van der Waals surface area contributed by atoms with Gasteiger partial charge in [-0.05, 0) is 24.3 Å². The lowest BCUT2D eigenvalue weighted by Gasteiger charge is -2.18. The summed E-state index contributed by atoms with van der Waals surface area (Å²) in [6.45, 7) is 0. The zero-order chi connectivity index (χ0) is 14.7. The first-order chi connectivity index (χ1) is 9.52. The van der Waals surface area contributed by atoms with Crippen LogP contribution in [0.25, 0.3) is 0 Å². The second-order valence-corrected chi connectivity index (χ2v) is 4.15. The molecule has 2 aromatic carbocycles. The maximum Gasteiger partial charge on any atom is 0.258 e. The van der Waals surface area contributed by atoms with Crippen LogP contribution in [0.3, 0.4) is 0 Å². The van der Waals surface area contributed by atoms with Crippen molar-refractivity contribution in [1.82, 2.24) is 0 Å². The number of carbonyl (C=O) groups excluding carboxylic acids is 1. The van der Waals surface area contributed by atoms with Gasteiger partial charge in [0.2, 0.25) is 0 Å². The van der Waals surface area contributed by atoms with E-state index in [0.29, 0.717) is 17.3 Å². The van der Waals surface area contributed by atoms with Gasteiger partial charge in [0.15, 0.2) is 0 Å². The summed E-state index contributed by atoms with van der Waals surface area (Å²) >= 11 is 0. The Balaban J connectivity index is 2.40. The SMILES string of the molecule is CN(C(=O)c1cc(F)cc(F)c1)c1ccccc1C#N. The number of carbonyl (C=O) groups is 1. The number of nitrogens with zero attached hydrogens (tertiary/aromatic N) is 2. The first kappa shape index (κ1) is 13.7. The second-order valence-electron chi connectivity index (χ2n) is 4.15. The third kappa shape index (κ3) is 2.64. The van der Waals surface area contributed by atoms with Crippen LogP contribution in [0, 0.1) is 23.0 Å². The maximum atomic E-state index is 13.1. The van der Waals surface area contributed by atoms with E-state index < -0.39 is 17.5 Å². The van der Waals surface area contributed by atoms with Crippen molar-refractivity contribution in [2.24, 2.45) is 0 Å². The highest BCUT2D eigenvalue weighted by molar-refractivity contribution is 6.06. The molecule has 5 heteroatoms. The molecule has 0 saturated heterocycles. The molecule has 100 valence electrons. The number of rotatable bonds is 2. The fourth-order valence-corrected chi connectivity index (χ4v) is 1.84. The van der Waals surface area contributed by atoms with Crippen molar-refractivity contribution in [1.29, 1.82) is 5.26 Å². The van der Waals surface area contributed by atoms with E-state index in [-0.39, 0.29) is 5.56 Å². The van der Waals surface area contributed by atoms with E-state index in [4.69, 9.17) is 5.26 Å². The molecule has 0 aliphatic carbocycles. The molecule has 0 aliphatic rings. The predicted molar refractivity (Wildman–Crippen MR) is 70.2 cm³/mol. The maximum absolute atomic E-state index is 13.1. The molecule has 2 aromatic rings. The lowest BCUT2D eigenvalue weighted by Crippen LogP contribution is -2.27. The van der Waals surface area contributed by atoms with Crippen LogP contribution in [-0.2, 0) is 0 Å². The van der Waals surface area contributed by atoms with Crippen molar-refractivity contribution >= 4 is 11.6 Å². The molecule has 0 bridgehead atoms. The van der Waals surface area contributed by atoms with E-state index in [1.807, 2.05) is 6.07 Å². The van der Waals surface area contributed by atoms with Crippen LogP contribution in [0.15, 0.2) is 42.5 Å². The van der Waals surface area contributed by atoms with Gasteiger partial charge >= 0.3 is 0 Å². The van der Waals surface area contributed by atoms with Gasteiger partial charge in [-0.3, -0.25) is 4.79 Å². The summed E-state index contributed by atoms with van der Waals surface area (Å²) in [5, 5.41) is 9.00. The van der Waals surface area contributed by atoms with Gasteiger partial charge in [-0.15, -0.1) is 0 Å². The smallest absolute Gasteiger partial charge is 0.258 e. The Morgan fingerprint density at radius 3 is 2.35 bits per heavy atom. The minimum absolute atomic E-state index is 0.113. The summed E-state index contributed by atoms with van der Waals surface area (Å²) in [5.41, 5.74) is 0.572. The summed E-state index contributed by atoms with van der Waals surface area (Å²) in [7, 11) is 1.45. The standard InChI is InChI=1S/C15H10F2N2O/c1-19(14-5-3-2-4-10(14)9-18)15(20)11-6-12(16)8-13(17)7-11/h2-8H,1H3. The molecule has 0 fully saturated rings. The lowest BCUT2D eigenvalue weighted by atomic mass is 10.1. The molecule has 0 unspecified atom stereocenters. The third-order valence-corrected chi connectivity index (χ3v) is 2.80. The summed E-state index contributed by atoms with van der Waals surface area (Å²) < 4.78 is 26.3. The van der Waals surface area contributed by atoms with Crippen molar-refractivity contribution in [3.63, 3.8) is 0 Å². The van der Waals surface area contributed by atoms with Crippen molar-refractivity contribution in [3.8, 4) is 6.07 Å². The van der Waals surface area contributed by atoms with Gasteiger partial charge in [0, 0.05) is 18.7 Å². The number of amides is 1. The molecule has 0 atom stereocenters. The van der Waals surface area contributed by atoms with Crippen molar-refractivity contribution in [2.75, 3.05) is 11.9 Å². The van der Waals surface area contributed by atoms with Crippen LogP contribution < -0.4 is 4.90 Å². The average molecular weight is 272 g/mol. The zero-order valence-corrected chi connectivity index (χ0v) is 10.6. The fraction of sp³-hybridized carbons (Fsp3) is 0.0667. The Labute approximate surface area is 114 Å². The topological polar surface area (TPSA) is 44.1 Å². The second kappa shape index (κ2) is 5.49. The summed E-state index contributed by atoms with van der Waals surface area (Å²) in [4.78, 5) is 13.4. The molecular formula is C15H10F2N2O. The molecule has 0 aliphatic heterocycles. The molecule has 2 rings (SSSR count). The number of halogens is 2. The van der Waals surface area contributed by atoms with Gasteiger partial charge in [-0.2, -0.15) is 5.26 Å². The Bertz CT molecular complexity index is 687. The predicted octanol–water partition coefficient (Wildman–Crippen LogP) is 3.11. The Morgan fingerprint density at radius 2 is 1.75 bits per heavy atom. The van der Waals surface area contributed by atoms with Crippen LogP contribution >= 0.6 is 0 Å². The first-order valence-corrected chi connectivity index (χ1v) is 5.76. The van der Waals surface area contributed by atoms with E-state index in [9.17, 15) is 13.6 Å². The van der Waals surface area contributed by atoms with Crippen molar-refractivity contribution < 1.29 is 13.6 Å². The molecule has 20 heavy (non-hydrogen) atoms. The first-order valence-electron chi connectivity index (χ1n) is 5.76. The largest absolute Gasteiger partial charge is 0.310 e. The fourth-order valence-electron chi connectivity index (χ4n) is 1.84. The quantitative estimate of drug-likeness (QED) is 0.843. The van der Waals surface area contributed by atoms with Crippen LogP contribution in [0.2, 0.25) is 0 Å². The molecule has 0 radical (unpaired) electrons. The van der Waals surface area contributed by atoms with Crippen molar-refractivity contribution in [2.45, 2.75) is 0 Å². The van der Waals surface area contributed by atoms with Gasteiger partial charge in [-0.25, -0.2) is 8.78 Å². The minimum Gasteiger partial charge on any atom is -0.310 e. The third-order valence-electron chi connectivity index (χ3n) is 2.80. The lowest BCUT2D eigenvalue weighted by molar-refractivity contribution is 0.0992. The van der Waals surface area contributed by atoms with Gasteiger partial charge < -0.3 is 4.90 Å². The highest BCUT2D eigenvalue weighted by Gasteiger charge is 2.17. The summed E-state index contributed by atoms with van der Waals surface area (Å²) in [5.74, 6) is -2.24. The molecule has 0 heterocycles. The number of nitriles is 1. The Kier molecular flexibility index (Phi) is 3.76. The van der Waals surface area contributed by atoms with Gasteiger partial charge in [0.05, 0.1) is 11.3 Å². The number of hydrogen-bond acceptors (Lipinski definition) is 2. The Morgan fingerprint density at radius 1 is 1.15 bits per heavy atom. The van der Waals surface area contributed by atoms with Crippen LogP contribution in [-0.4, -0.2) is 13.0 Å². The van der Waals surface area contributed by atoms with Crippen molar-refractivity contribution in [3.05, 3.63) is 65.2 Å². The highest BCUT2D eigenvalue weighted by Crippen LogP contribution is 2.20. The minimum atomic E-state index is -0.824. The van der Waals surface area contributed by atoms with Gasteiger partial charge in [-0.1, -0.05) is 12.1 Å². The van der Waals surface area contributed by atoms with Crippen LogP contribution in [0.1, 0.15) is 15.9 Å². The average Bonchev–Trinajstić information content (AvgIpc) is 2.44. The molecule has 0 spiro atoms. The molecule has 0 saturated carbocycles. The van der Waals surface area contributed by atoms with Gasteiger partial charge in [0.1, 0.15) is 17.7 Å². The summed E-state index contributed by atoms with van der Waals surface area (Å²) in [6.07, 6.45) is 0. The summed E-state index contributed by atoms with van der Waals surface area (Å²) in [6, 6.07) is 11.1. The molecular weight excluding hydrogens is 262 g/mol. The zero-order valence-electron chi connectivity index (χ0n) is 10.6. The highest BCUT2D eigenvalue weighted by atomic mass is 19.1. The van der Waals surface area contributed by atoms with E-state index in [0.717, 1.165) is 12.1 Å². The number of para-hydroxylation sites is 1. The van der Waals surface area contributed by atoms with Crippen LogP contribution in [0.4, 0.5) is 14.5 Å². The molecule has 3 nitrogen and oxygen atoms in total. The van der Waals surface area contributed by atoms with Gasteiger partial charge in [0.25, 0.3) is 5.91 Å². The molecule has 0 N–H and O–H groups in total. The number of benzene rings is 2. The monoisotopic (exact) mass is 272 g/mol. The van der Waals surface area contributed by atoms with E-state index in [2.05, 4.69) is 0 Å². The Hall–Kier alpha value is -2.74. The number of hydrogen-bond donors (Lipinski definition) is 0. The molecule has 0 aromatic heterocycles. The van der Waals surface area contributed by atoms with E-state index in [1.165, 1.54) is 11.9 Å². The number of anilines is 1. The van der Waals surface area contributed by atoms with E-state index in [1.54, 1.807) is 24.3 Å². The normalized spacial score (nSPS) is 9.90.